The van der Waals surface area contributed by atoms with Crippen molar-refractivity contribution in [1.29, 1.82) is 0 Å². The second kappa shape index (κ2) is 9.36. The predicted octanol–water partition coefficient (Wildman–Crippen LogP) is 6.83. The molecule has 3 rings (SSSR count). The molecule has 0 saturated heterocycles. The van der Waals surface area contributed by atoms with E-state index in [0.29, 0.717) is 30.0 Å². The number of methoxy groups -OCH3 is 1. The van der Waals surface area contributed by atoms with Crippen LogP contribution >= 0.6 is 11.6 Å². The number of ether oxygens (including phenoxy) is 1. The molecule has 0 bridgehead atoms. The lowest BCUT2D eigenvalue weighted by molar-refractivity contribution is -0.0686. The lowest BCUT2D eigenvalue weighted by Crippen LogP contribution is -2.30. The van der Waals surface area contributed by atoms with E-state index in [1.807, 2.05) is 31.2 Å². The van der Waals surface area contributed by atoms with Crippen molar-refractivity contribution in [1.82, 2.24) is 0 Å². The third kappa shape index (κ3) is 5.43. The van der Waals surface area contributed by atoms with Gasteiger partial charge in [-0.2, -0.15) is 0 Å². The van der Waals surface area contributed by atoms with Crippen molar-refractivity contribution in [2.75, 3.05) is 13.7 Å². The van der Waals surface area contributed by atoms with Crippen LogP contribution in [0.3, 0.4) is 0 Å². The van der Waals surface area contributed by atoms with Gasteiger partial charge in [0.1, 0.15) is 0 Å². The largest absolute Gasteiger partial charge is 0.384 e. The van der Waals surface area contributed by atoms with Crippen LogP contribution in [0.4, 0.5) is 8.78 Å². The molecule has 0 heterocycles. The second-order valence-electron chi connectivity index (χ2n) is 8.15. The number of fused-ring (bicyclic) bond motifs is 1. The molecule has 0 radical (unpaired) electrons. The molecule has 0 N–H and O–H groups in total. The van der Waals surface area contributed by atoms with E-state index in [-0.39, 0.29) is 30.5 Å². The van der Waals surface area contributed by atoms with Crippen molar-refractivity contribution in [2.24, 2.45) is 11.8 Å². The first-order valence-corrected chi connectivity index (χ1v) is 10.5. The van der Waals surface area contributed by atoms with Gasteiger partial charge in [0, 0.05) is 36.1 Å². The summed E-state index contributed by atoms with van der Waals surface area (Å²) in [6.07, 6.45) is 5.06. The number of alkyl halides is 2. The maximum absolute atomic E-state index is 13.8. The highest BCUT2D eigenvalue weighted by Gasteiger charge is 2.39. The number of carbonyl (C=O) groups is 1. The Kier molecular flexibility index (Phi) is 7.07. The van der Waals surface area contributed by atoms with Gasteiger partial charge < -0.3 is 4.74 Å². The van der Waals surface area contributed by atoms with Crippen LogP contribution in [0.15, 0.2) is 42.5 Å². The topological polar surface area (TPSA) is 26.3 Å². The van der Waals surface area contributed by atoms with Gasteiger partial charge in [-0.3, -0.25) is 4.79 Å². The van der Waals surface area contributed by atoms with Crippen LogP contribution < -0.4 is 0 Å². The summed E-state index contributed by atoms with van der Waals surface area (Å²) in [7, 11) is 1.64. The quantitative estimate of drug-likeness (QED) is 0.362. The molecular formula is C24H27ClF2O2. The molecule has 156 valence electrons. The maximum atomic E-state index is 13.8. The molecule has 0 aromatic carbocycles. The number of ketones is 1. The Balaban J connectivity index is 1.79. The first kappa shape index (κ1) is 21.9. The summed E-state index contributed by atoms with van der Waals surface area (Å²) < 4.78 is 32.8. The fourth-order valence-electron chi connectivity index (χ4n) is 4.45. The average Bonchev–Trinajstić information content (AvgIpc) is 2.89. The molecule has 0 aromatic heterocycles. The van der Waals surface area contributed by atoms with E-state index in [4.69, 9.17) is 16.3 Å². The minimum Gasteiger partial charge on any atom is -0.384 e. The number of allylic oxidation sites excluding steroid dienone is 2. The van der Waals surface area contributed by atoms with Crippen LogP contribution in [-0.4, -0.2) is 25.4 Å². The summed E-state index contributed by atoms with van der Waals surface area (Å²) in [4.78, 5) is 12.9. The molecule has 5 heteroatoms. The molecule has 2 unspecified atom stereocenters. The van der Waals surface area contributed by atoms with Gasteiger partial charge in [-0.05, 0) is 60.4 Å². The van der Waals surface area contributed by atoms with Crippen molar-refractivity contribution in [3.05, 3.63) is 58.6 Å². The molecule has 1 fully saturated rings. The molecule has 2 nitrogen and oxygen atoms in total. The number of halogens is 3. The van der Waals surface area contributed by atoms with E-state index in [1.54, 1.807) is 19.3 Å². The summed E-state index contributed by atoms with van der Waals surface area (Å²) in [5, 5.41) is 0.520. The van der Waals surface area contributed by atoms with Crippen LogP contribution in [0.2, 0.25) is 5.02 Å². The average molecular weight is 421 g/mol. The third-order valence-corrected chi connectivity index (χ3v) is 5.92. The Morgan fingerprint density at radius 2 is 2.07 bits per heavy atom. The van der Waals surface area contributed by atoms with Crippen molar-refractivity contribution in [3.63, 3.8) is 0 Å². The molecule has 0 spiro atoms. The highest BCUT2D eigenvalue weighted by molar-refractivity contribution is 6.34. The molecule has 3 aliphatic rings. The zero-order chi connectivity index (χ0) is 21.0. The van der Waals surface area contributed by atoms with Crippen LogP contribution in [0.1, 0.15) is 48.5 Å². The van der Waals surface area contributed by atoms with Crippen LogP contribution in [-0.2, 0) is 11.2 Å². The zero-order valence-electron chi connectivity index (χ0n) is 16.9. The maximum Gasteiger partial charge on any atom is 0.248 e. The SMILES string of the molecule is COCCc1cc(C(=O)/C=C/CC2CC(C)CC(F)(F)C2)c2c(Cl)ccccc1-2. The standard InChI is InChI=1S/C24H27ClF2O2/c1-16-12-17(15-24(26,27)14-16)6-5-9-22(28)20-13-18(10-11-29-2)19-7-3-4-8-21(25)23(19)20/h3-5,7-9,13,16-17H,6,10-12,14-15H2,1-2H3/b9-5+. The lowest BCUT2D eigenvalue weighted by Gasteiger charge is -2.32. The zero-order valence-corrected chi connectivity index (χ0v) is 17.6. The highest BCUT2D eigenvalue weighted by Crippen LogP contribution is 2.41. The number of carbonyl (C=O) groups excluding carboxylic acids is 1. The smallest absolute Gasteiger partial charge is 0.248 e. The van der Waals surface area contributed by atoms with E-state index >= 15 is 0 Å². The van der Waals surface area contributed by atoms with Crippen molar-refractivity contribution in [3.8, 4) is 11.1 Å². The van der Waals surface area contributed by atoms with Gasteiger partial charge >= 0.3 is 0 Å². The molecule has 3 aliphatic carbocycles. The van der Waals surface area contributed by atoms with Gasteiger partial charge in [-0.15, -0.1) is 0 Å². The van der Waals surface area contributed by atoms with E-state index in [1.165, 1.54) is 6.08 Å². The van der Waals surface area contributed by atoms with Crippen LogP contribution in [0.5, 0.6) is 0 Å². The Morgan fingerprint density at radius 1 is 1.31 bits per heavy atom. The van der Waals surface area contributed by atoms with E-state index in [2.05, 4.69) is 0 Å². The minimum atomic E-state index is -2.60. The van der Waals surface area contributed by atoms with E-state index < -0.39 is 5.92 Å². The molecular weight excluding hydrogens is 394 g/mol. The van der Waals surface area contributed by atoms with Gasteiger partial charge in [-0.25, -0.2) is 8.78 Å². The molecule has 0 aromatic rings. The van der Waals surface area contributed by atoms with E-state index in [9.17, 15) is 13.6 Å². The van der Waals surface area contributed by atoms with Gasteiger partial charge in [0.05, 0.1) is 6.61 Å². The third-order valence-electron chi connectivity index (χ3n) is 5.61. The second-order valence-corrected chi connectivity index (χ2v) is 8.56. The van der Waals surface area contributed by atoms with Crippen LogP contribution in [0, 0.1) is 11.8 Å². The van der Waals surface area contributed by atoms with E-state index in [0.717, 1.165) is 23.1 Å². The fraction of sp³-hybridized carbons (Fsp3) is 0.458. The number of hydrogen-bond acceptors (Lipinski definition) is 2. The molecule has 0 amide bonds. The Labute approximate surface area is 176 Å². The molecule has 29 heavy (non-hydrogen) atoms. The summed E-state index contributed by atoms with van der Waals surface area (Å²) in [6, 6.07) is 9.35. The first-order chi connectivity index (χ1) is 13.8. The fourth-order valence-corrected chi connectivity index (χ4v) is 4.73. The summed E-state index contributed by atoms with van der Waals surface area (Å²) >= 11 is 6.45. The van der Waals surface area contributed by atoms with Crippen LogP contribution in [0.25, 0.3) is 11.1 Å². The summed E-state index contributed by atoms with van der Waals surface area (Å²) in [6.45, 7) is 2.42. The molecule has 0 aliphatic heterocycles. The monoisotopic (exact) mass is 420 g/mol. The Morgan fingerprint density at radius 3 is 2.79 bits per heavy atom. The first-order valence-electron chi connectivity index (χ1n) is 10.1. The van der Waals surface area contributed by atoms with Crippen molar-refractivity contribution < 1.29 is 18.3 Å². The Hall–Kier alpha value is -1.78. The predicted molar refractivity (Wildman–Crippen MR) is 113 cm³/mol. The molecule has 1 saturated carbocycles. The lowest BCUT2D eigenvalue weighted by atomic mass is 9.78. The minimum absolute atomic E-state index is 0.00835. The summed E-state index contributed by atoms with van der Waals surface area (Å²) in [5.74, 6) is -2.83. The van der Waals surface area contributed by atoms with Gasteiger partial charge in [0.15, 0.2) is 5.78 Å². The molecule has 2 atom stereocenters. The van der Waals surface area contributed by atoms with Gasteiger partial charge in [-0.1, -0.05) is 42.8 Å². The normalized spacial score (nSPS) is 21.7. The number of hydrogen-bond donors (Lipinski definition) is 0. The summed E-state index contributed by atoms with van der Waals surface area (Å²) in [5.41, 5.74) is 3.23. The van der Waals surface area contributed by atoms with Gasteiger partial charge in [0.2, 0.25) is 5.92 Å². The van der Waals surface area contributed by atoms with Crippen molar-refractivity contribution >= 4 is 17.4 Å². The van der Waals surface area contributed by atoms with Crippen molar-refractivity contribution in [2.45, 2.75) is 45.0 Å². The highest BCUT2D eigenvalue weighted by atomic mass is 35.5. The van der Waals surface area contributed by atoms with Gasteiger partial charge in [0.25, 0.3) is 0 Å². The Bertz CT molecular complexity index is 862. The number of rotatable bonds is 7.